The molecule has 1 aliphatic heterocycles. The second kappa shape index (κ2) is 4.82. The number of aliphatic hydroxyl groups is 1. The van der Waals surface area contributed by atoms with E-state index < -0.39 is 6.10 Å². The van der Waals surface area contributed by atoms with Crippen molar-refractivity contribution in [3.63, 3.8) is 0 Å². The number of halogens is 1. The first kappa shape index (κ1) is 11.4. The van der Waals surface area contributed by atoms with E-state index in [9.17, 15) is 9.90 Å². The molecular formula is C9H13ClN4O2. The van der Waals surface area contributed by atoms with Crippen molar-refractivity contribution in [2.45, 2.75) is 18.7 Å². The molecular weight excluding hydrogens is 232 g/mol. The molecule has 3 N–H and O–H groups in total. The van der Waals surface area contributed by atoms with Crippen molar-refractivity contribution in [1.29, 1.82) is 0 Å². The minimum absolute atomic E-state index is 0.107. The van der Waals surface area contributed by atoms with E-state index in [4.69, 9.17) is 11.6 Å². The Hall–Kier alpha value is -1.11. The molecule has 1 saturated heterocycles. The monoisotopic (exact) mass is 244 g/mol. The Morgan fingerprint density at radius 3 is 3.12 bits per heavy atom. The molecule has 16 heavy (non-hydrogen) atoms. The lowest BCUT2D eigenvalue weighted by Crippen LogP contribution is -2.44. The topological polar surface area (TPSA) is 79.2 Å². The van der Waals surface area contributed by atoms with Crippen LogP contribution in [0.2, 0.25) is 5.02 Å². The predicted molar refractivity (Wildman–Crippen MR) is 58.0 cm³/mol. The lowest BCUT2D eigenvalue weighted by Gasteiger charge is -2.15. The summed E-state index contributed by atoms with van der Waals surface area (Å²) in [7, 11) is 0. The molecule has 88 valence electrons. The normalized spacial score (nSPS) is 24.6. The van der Waals surface area contributed by atoms with Gasteiger partial charge in [0, 0.05) is 19.3 Å². The van der Waals surface area contributed by atoms with Gasteiger partial charge in [-0.2, -0.15) is 5.10 Å². The van der Waals surface area contributed by atoms with Crippen molar-refractivity contribution in [1.82, 2.24) is 20.4 Å². The molecule has 0 spiro atoms. The Kier molecular flexibility index (Phi) is 3.42. The average molecular weight is 245 g/mol. The van der Waals surface area contributed by atoms with Crippen molar-refractivity contribution >= 4 is 17.5 Å². The van der Waals surface area contributed by atoms with Gasteiger partial charge in [-0.25, -0.2) is 0 Å². The summed E-state index contributed by atoms with van der Waals surface area (Å²) in [5.41, 5.74) is 0. The third-order valence-corrected chi connectivity index (χ3v) is 2.63. The average Bonchev–Trinajstić information content (AvgIpc) is 2.77. The zero-order valence-corrected chi connectivity index (χ0v) is 9.31. The lowest BCUT2D eigenvalue weighted by atomic mass is 10.2. The summed E-state index contributed by atoms with van der Waals surface area (Å²) in [6.07, 6.45) is 2.52. The van der Waals surface area contributed by atoms with Crippen LogP contribution in [-0.2, 0) is 11.3 Å². The summed E-state index contributed by atoms with van der Waals surface area (Å²) < 4.78 is 1.45. The minimum Gasteiger partial charge on any atom is -0.390 e. The summed E-state index contributed by atoms with van der Waals surface area (Å²) in [5.74, 6) is -0.187. The van der Waals surface area contributed by atoms with Gasteiger partial charge in [-0.15, -0.1) is 0 Å². The zero-order valence-electron chi connectivity index (χ0n) is 8.56. The molecule has 2 atom stereocenters. The van der Waals surface area contributed by atoms with E-state index in [1.54, 1.807) is 6.20 Å². The van der Waals surface area contributed by atoms with E-state index in [0.29, 0.717) is 18.1 Å². The highest BCUT2D eigenvalue weighted by molar-refractivity contribution is 6.30. The van der Waals surface area contributed by atoms with Crippen molar-refractivity contribution in [2.24, 2.45) is 0 Å². The van der Waals surface area contributed by atoms with Gasteiger partial charge in [-0.1, -0.05) is 11.6 Å². The fourth-order valence-corrected chi connectivity index (χ4v) is 1.79. The van der Waals surface area contributed by atoms with Crippen LogP contribution in [0, 0.1) is 0 Å². The first-order valence-corrected chi connectivity index (χ1v) is 5.39. The SMILES string of the molecule is O=C(Cn1cc(Cl)cn1)N[C@H]1CNC[C@H]1O. The molecule has 1 aliphatic rings. The molecule has 7 heteroatoms. The molecule has 0 saturated carbocycles. The van der Waals surface area contributed by atoms with Gasteiger partial charge in [0.1, 0.15) is 6.54 Å². The molecule has 2 rings (SSSR count). The van der Waals surface area contributed by atoms with Gasteiger partial charge >= 0.3 is 0 Å². The fourth-order valence-electron chi connectivity index (χ4n) is 1.64. The van der Waals surface area contributed by atoms with E-state index in [1.807, 2.05) is 0 Å². The Morgan fingerprint density at radius 2 is 2.56 bits per heavy atom. The zero-order chi connectivity index (χ0) is 11.5. The third kappa shape index (κ3) is 2.72. The number of nitrogens with zero attached hydrogens (tertiary/aromatic N) is 2. The molecule has 2 heterocycles. The summed E-state index contributed by atoms with van der Waals surface area (Å²) in [6.45, 7) is 1.21. The number of rotatable bonds is 3. The van der Waals surface area contributed by atoms with Crippen molar-refractivity contribution in [3.05, 3.63) is 17.4 Å². The van der Waals surface area contributed by atoms with Gasteiger partial charge in [-0.3, -0.25) is 9.48 Å². The number of amides is 1. The molecule has 0 bridgehead atoms. The van der Waals surface area contributed by atoms with Crippen LogP contribution in [0.15, 0.2) is 12.4 Å². The quantitative estimate of drug-likeness (QED) is 0.636. The Bertz CT molecular complexity index is 381. The molecule has 1 aromatic rings. The molecule has 0 aliphatic carbocycles. The van der Waals surface area contributed by atoms with Crippen LogP contribution in [0.1, 0.15) is 0 Å². The van der Waals surface area contributed by atoms with Crippen LogP contribution in [0.25, 0.3) is 0 Å². The largest absolute Gasteiger partial charge is 0.390 e. The number of carbonyl (C=O) groups excluding carboxylic acids is 1. The molecule has 0 radical (unpaired) electrons. The summed E-state index contributed by atoms with van der Waals surface area (Å²) >= 11 is 5.67. The van der Waals surface area contributed by atoms with Crippen molar-refractivity contribution in [3.8, 4) is 0 Å². The van der Waals surface area contributed by atoms with Gasteiger partial charge in [0.25, 0.3) is 0 Å². The maximum absolute atomic E-state index is 11.6. The maximum atomic E-state index is 11.6. The number of aliphatic hydroxyl groups excluding tert-OH is 1. The van der Waals surface area contributed by atoms with Crippen LogP contribution in [0.4, 0.5) is 0 Å². The van der Waals surface area contributed by atoms with Crippen LogP contribution < -0.4 is 10.6 Å². The number of aromatic nitrogens is 2. The Balaban J connectivity index is 1.84. The Morgan fingerprint density at radius 1 is 1.75 bits per heavy atom. The van der Waals surface area contributed by atoms with Gasteiger partial charge in [0.15, 0.2) is 0 Å². The van der Waals surface area contributed by atoms with Crippen LogP contribution in [-0.4, -0.2) is 46.0 Å². The van der Waals surface area contributed by atoms with E-state index in [2.05, 4.69) is 15.7 Å². The Labute approximate surface area is 97.6 Å². The number of hydrogen-bond acceptors (Lipinski definition) is 4. The molecule has 1 amide bonds. The number of carbonyl (C=O) groups is 1. The third-order valence-electron chi connectivity index (χ3n) is 2.44. The van der Waals surface area contributed by atoms with E-state index in [-0.39, 0.29) is 18.5 Å². The first-order valence-electron chi connectivity index (χ1n) is 5.01. The second-order valence-corrected chi connectivity index (χ2v) is 4.19. The molecule has 0 unspecified atom stereocenters. The van der Waals surface area contributed by atoms with E-state index in [0.717, 1.165) is 0 Å². The van der Waals surface area contributed by atoms with Gasteiger partial charge in [0.05, 0.1) is 23.4 Å². The van der Waals surface area contributed by atoms with Gasteiger partial charge in [-0.05, 0) is 0 Å². The smallest absolute Gasteiger partial charge is 0.242 e. The first-order chi connectivity index (χ1) is 7.65. The fraction of sp³-hybridized carbons (Fsp3) is 0.556. The summed E-state index contributed by atoms with van der Waals surface area (Å²) in [6, 6.07) is -0.224. The highest BCUT2D eigenvalue weighted by Gasteiger charge is 2.26. The van der Waals surface area contributed by atoms with Crippen LogP contribution >= 0.6 is 11.6 Å². The lowest BCUT2D eigenvalue weighted by molar-refractivity contribution is -0.123. The summed E-state index contributed by atoms with van der Waals surface area (Å²) in [5, 5.41) is 19.6. The molecule has 0 aromatic carbocycles. The van der Waals surface area contributed by atoms with Crippen molar-refractivity contribution in [2.75, 3.05) is 13.1 Å². The summed E-state index contributed by atoms with van der Waals surface area (Å²) in [4.78, 5) is 11.6. The van der Waals surface area contributed by atoms with Gasteiger partial charge in [0.2, 0.25) is 5.91 Å². The van der Waals surface area contributed by atoms with E-state index in [1.165, 1.54) is 10.9 Å². The number of nitrogens with one attached hydrogen (secondary N) is 2. The van der Waals surface area contributed by atoms with Crippen LogP contribution in [0.5, 0.6) is 0 Å². The highest BCUT2D eigenvalue weighted by atomic mass is 35.5. The van der Waals surface area contributed by atoms with Crippen molar-refractivity contribution < 1.29 is 9.90 Å². The van der Waals surface area contributed by atoms with Gasteiger partial charge < -0.3 is 15.7 Å². The molecule has 6 nitrogen and oxygen atoms in total. The van der Waals surface area contributed by atoms with Crippen LogP contribution in [0.3, 0.4) is 0 Å². The number of β-amino-alcohol motifs (C(OH)–C–C–N with tert-alkyl or cyclic N) is 1. The number of hydrogen-bond donors (Lipinski definition) is 3. The predicted octanol–water partition coefficient (Wildman–Crippen LogP) is -1.01. The molecule has 1 fully saturated rings. The highest BCUT2D eigenvalue weighted by Crippen LogP contribution is 2.04. The second-order valence-electron chi connectivity index (χ2n) is 3.76. The minimum atomic E-state index is -0.523. The molecule has 1 aromatic heterocycles. The van der Waals surface area contributed by atoms with E-state index >= 15 is 0 Å². The standard InChI is InChI=1S/C9H13ClN4O2/c10-6-1-12-14(4-6)5-9(16)13-7-2-11-3-8(7)15/h1,4,7-8,11,15H,2-3,5H2,(H,13,16)/t7-,8+/m0/s1. The maximum Gasteiger partial charge on any atom is 0.242 e.